The minimum atomic E-state index is -2.54. The maximum absolute atomic E-state index is 14.5. The number of aryl methyl sites for hydroxylation is 1. The van der Waals surface area contributed by atoms with Crippen LogP contribution < -0.4 is 16.3 Å². The Morgan fingerprint density at radius 2 is 2.10 bits per heavy atom. The second-order valence-electron chi connectivity index (χ2n) is 6.87. The van der Waals surface area contributed by atoms with E-state index in [1.54, 1.807) is 13.8 Å². The Labute approximate surface area is 166 Å². The van der Waals surface area contributed by atoms with Crippen LogP contribution in [-0.2, 0) is 23.4 Å². The molecule has 1 aromatic heterocycles. The summed E-state index contributed by atoms with van der Waals surface area (Å²) < 4.78 is 42.6. The van der Waals surface area contributed by atoms with Gasteiger partial charge in [0.1, 0.15) is 24.9 Å². The molecule has 11 nitrogen and oxygen atoms in total. The van der Waals surface area contributed by atoms with Crippen molar-refractivity contribution in [3.05, 3.63) is 32.6 Å². The van der Waals surface area contributed by atoms with Crippen LogP contribution in [0.3, 0.4) is 0 Å². The lowest BCUT2D eigenvalue weighted by Gasteiger charge is -2.16. The van der Waals surface area contributed by atoms with E-state index in [1.807, 2.05) is 4.98 Å². The van der Waals surface area contributed by atoms with Crippen molar-refractivity contribution >= 4 is 14.1 Å². The van der Waals surface area contributed by atoms with Crippen LogP contribution in [0.1, 0.15) is 32.6 Å². The Hall–Kier alpha value is -1.98. The standard InChI is InChI=1S/C16H23FN3O8P/c1-7(2)27-15(23)9(4)19-29(25)26-6-10-12(21)11(17)14(28-10)20-5-8(3)13(22)18-16(20)24/h5,7,9-12,14,21H,6H2,1-4H3,(H-,18,19,22,24,25)/p+1/t9-,10?,11?,12+,14-/m0/s1. The van der Waals surface area contributed by atoms with Gasteiger partial charge in [-0.05, 0) is 32.3 Å². The van der Waals surface area contributed by atoms with Crippen molar-refractivity contribution in [1.29, 1.82) is 0 Å². The number of aliphatic hydroxyl groups is 1. The van der Waals surface area contributed by atoms with Crippen LogP contribution in [0.25, 0.3) is 0 Å². The van der Waals surface area contributed by atoms with Gasteiger partial charge in [0.25, 0.3) is 5.56 Å². The van der Waals surface area contributed by atoms with E-state index >= 15 is 0 Å². The first-order valence-corrected chi connectivity index (χ1v) is 10.1. The van der Waals surface area contributed by atoms with E-state index in [4.69, 9.17) is 14.0 Å². The number of nitrogens with one attached hydrogen (secondary N) is 2. The van der Waals surface area contributed by atoms with Gasteiger partial charge in [0, 0.05) is 11.8 Å². The van der Waals surface area contributed by atoms with Gasteiger partial charge < -0.3 is 14.6 Å². The van der Waals surface area contributed by atoms with Crippen LogP contribution in [0, 0.1) is 6.92 Å². The summed E-state index contributed by atoms with van der Waals surface area (Å²) in [6.07, 6.45) is -5.59. The predicted molar refractivity (Wildman–Crippen MR) is 98.3 cm³/mol. The molecule has 1 aromatic rings. The molecule has 13 heteroatoms. The molecule has 1 saturated heterocycles. The van der Waals surface area contributed by atoms with Gasteiger partial charge in [-0.3, -0.25) is 19.1 Å². The SMILES string of the molecule is Cc1cn([C@H]2OC(CO[P+](=O)N[C@@H](C)C(=O)OC(C)C)[C@@H](O)C2F)c(=O)[nH]c1=O. The fourth-order valence-electron chi connectivity index (χ4n) is 2.56. The van der Waals surface area contributed by atoms with Gasteiger partial charge in [-0.2, -0.15) is 0 Å². The van der Waals surface area contributed by atoms with Crippen LogP contribution in [-0.4, -0.2) is 57.8 Å². The molecule has 1 fully saturated rings. The third kappa shape index (κ3) is 5.77. The maximum Gasteiger partial charge on any atom is 0.613 e. The number of nitrogens with zero attached hydrogens (tertiary/aromatic N) is 1. The first-order valence-electron chi connectivity index (χ1n) is 8.87. The van der Waals surface area contributed by atoms with Gasteiger partial charge in [-0.15, -0.1) is 4.52 Å². The highest BCUT2D eigenvalue weighted by molar-refractivity contribution is 7.36. The van der Waals surface area contributed by atoms with Crippen molar-refractivity contribution < 1.29 is 32.9 Å². The van der Waals surface area contributed by atoms with Crippen LogP contribution >= 0.6 is 8.18 Å². The molecule has 6 atom stereocenters. The minimum Gasteiger partial charge on any atom is -0.462 e. The molecule has 162 valence electrons. The van der Waals surface area contributed by atoms with Crippen molar-refractivity contribution in [3.8, 4) is 0 Å². The lowest BCUT2D eigenvalue weighted by atomic mass is 10.1. The third-order valence-corrected chi connectivity index (χ3v) is 5.06. The fourth-order valence-corrected chi connectivity index (χ4v) is 3.34. The molecule has 0 bridgehead atoms. The molecule has 3 unspecified atom stereocenters. The van der Waals surface area contributed by atoms with Crippen molar-refractivity contribution in [1.82, 2.24) is 14.6 Å². The number of carbonyl (C=O) groups is 1. The van der Waals surface area contributed by atoms with Gasteiger partial charge in [0.15, 0.2) is 12.4 Å². The van der Waals surface area contributed by atoms with Crippen LogP contribution in [0.2, 0.25) is 0 Å². The van der Waals surface area contributed by atoms with E-state index in [-0.39, 0.29) is 11.7 Å². The van der Waals surface area contributed by atoms with Gasteiger partial charge in [-0.25, -0.2) is 9.18 Å². The first-order chi connectivity index (χ1) is 13.5. The van der Waals surface area contributed by atoms with Gasteiger partial charge >= 0.3 is 19.8 Å². The van der Waals surface area contributed by atoms with Crippen molar-refractivity contribution in [2.75, 3.05) is 6.61 Å². The molecular formula is C16H24FN3O8P+. The zero-order valence-corrected chi connectivity index (χ0v) is 17.2. The Balaban J connectivity index is 1.97. The number of aliphatic hydroxyl groups excluding tert-OH is 1. The summed E-state index contributed by atoms with van der Waals surface area (Å²) in [7, 11) is -2.54. The second kappa shape index (κ2) is 9.68. The smallest absolute Gasteiger partial charge is 0.462 e. The zero-order valence-electron chi connectivity index (χ0n) is 16.3. The van der Waals surface area contributed by atoms with Crippen LogP contribution in [0.4, 0.5) is 4.39 Å². The molecule has 0 radical (unpaired) electrons. The Morgan fingerprint density at radius 3 is 2.72 bits per heavy atom. The van der Waals surface area contributed by atoms with Gasteiger partial charge in [0.05, 0.1) is 6.10 Å². The number of aromatic amines is 1. The number of carbonyl (C=O) groups excluding carboxylic acids is 1. The highest BCUT2D eigenvalue weighted by Crippen LogP contribution is 2.32. The number of hydrogen-bond donors (Lipinski definition) is 3. The van der Waals surface area contributed by atoms with Crippen LogP contribution in [0.15, 0.2) is 15.8 Å². The largest absolute Gasteiger partial charge is 0.613 e. The number of alkyl halides is 1. The average molecular weight is 436 g/mol. The molecule has 3 N–H and O–H groups in total. The van der Waals surface area contributed by atoms with Gasteiger partial charge in [-0.1, -0.05) is 5.09 Å². The van der Waals surface area contributed by atoms with E-state index in [9.17, 15) is 28.4 Å². The minimum absolute atomic E-state index is 0.157. The molecule has 0 saturated carbocycles. The average Bonchev–Trinajstić information content (AvgIpc) is 2.90. The normalized spacial score (nSPS) is 25.8. The number of hydrogen-bond acceptors (Lipinski definition) is 8. The molecule has 29 heavy (non-hydrogen) atoms. The number of halogens is 1. The highest BCUT2D eigenvalue weighted by atomic mass is 31.1. The van der Waals surface area contributed by atoms with E-state index in [0.29, 0.717) is 0 Å². The molecule has 0 aromatic carbocycles. The number of esters is 1. The number of H-pyrrole nitrogens is 1. The summed E-state index contributed by atoms with van der Waals surface area (Å²) in [6, 6.07) is -0.917. The first kappa shape index (κ1) is 23.3. The van der Waals surface area contributed by atoms with E-state index in [2.05, 4.69) is 5.09 Å². The number of rotatable bonds is 8. The maximum atomic E-state index is 14.5. The van der Waals surface area contributed by atoms with Crippen molar-refractivity contribution in [2.45, 2.75) is 64.4 Å². The van der Waals surface area contributed by atoms with Crippen molar-refractivity contribution in [2.24, 2.45) is 0 Å². The summed E-state index contributed by atoms with van der Waals surface area (Å²) in [5, 5.41) is 12.4. The molecule has 0 amide bonds. The van der Waals surface area contributed by atoms with Gasteiger partial charge in [0.2, 0.25) is 0 Å². The number of ether oxygens (including phenoxy) is 2. The van der Waals surface area contributed by atoms with Crippen LogP contribution in [0.5, 0.6) is 0 Å². The number of aromatic nitrogens is 2. The topological polar surface area (TPSA) is 149 Å². The highest BCUT2D eigenvalue weighted by Gasteiger charge is 2.47. The Bertz CT molecular complexity index is 872. The van der Waals surface area contributed by atoms with E-state index in [1.165, 1.54) is 13.8 Å². The molecule has 0 aliphatic carbocycles. The summed E-state index contributed by atoms with van der Waals surface area (Å²) in [5.74, 6) is -0.624. The summed E-state index contributed by atoms with van der Waals surface area (Å²) in [5.41, 5.74) is -1.36. The molecule has 1 aliphatic rings. The molecule has 2 heterocycles. The lowest BCUT2D eigenvalue weighted by Crippen LogP contribution is -2.36. The molecule has 1 aliphatic heterocycles. The molecule has 2 rings (SSSR count). The molecular weight excluding hydrogens is 412 g/mol. The zero-order chi connectivity index (χ0) is 21.9. The molecule has 0 spiro atoms. The quantitative estimate of drug-likeness (QED) is 0.379. The summed E-state index contributed by atoms with van der Waals surface area (Å²) in [4.78, 5) is 37.1. The lowest BCUT2D eigenvalue weighted by molar-refractivity contribution is -0.149. The third-order valence-electron chi connectivity index (χ3n) is 4.07. The Kier molecular flexibility index (Phi) is 7.78. The summed E-state index contributed by atoms with van der Waals surface area (Å²) >= 11 is 0. The van der Waals surface area contributed by atoms with E-state index in [0.717, 1.165) is 10.8 Å². The summed E-state index contributed by atoms with van der Waals surface area (Å²) in [6.45, 7) is 5.72. The monoisotopic (exact) mass is 436 g/mol. The Morgan fingerprint density at radius 1 is 1.45 bits per heavy atom. The predicted octanol–water partition coefficient (Wildman–Crippen LogP) is 0.0451. The van der Waals surface area contributed by atoms with E-state index < -0.39 is 62.7 Å². The van der Waals surface area contributed by atoms with Crippen molar-refractivity contribution in [3.63, 3.8) is 0 Å². The second-order valence-corrected chi connectivity index (χ2v) is 7.90. The fraction of sp³-hybridized carbons (Fsp3) is 0.688.